The summed E-state index contributed by atoms with van der Waals surface area (Å²) in [5.74, 6) is -5.54. The van der Waals surface area contributed by atoms with Gasteiger partial charge in [0, 0.05) is 25.5 Å². The molecule has 272 valence electrons. The third kappa shape index (κ3) is 6.80. The van der Waals surface area contributed by atoms with Crippen molar-refractivity contribution < 1.29 is 82.9 Å². The molecule has 0 amide bonds. The number of hydrogen-bond donors (Lipinski definition) is 7. The van der Waals surface area contributed by atoms with Gasteiger partial charge in [-0.3, -0.25) is 14.4 Å². The minimum absolute atomic E-state index is 0.0555. The number of ether oxygens (including phenoxy) is 7. The molecule has 0 spiro atoms. The lowest BCUT2D eigenvalue weighted by Crippen LogP contribution is -2.59. The number of methoxy groups -OCH3 is 1. The third-order valence-electron chi connectivity index (χ3n) is 8.12. The molecule has 2 aliphatic heterocycles. The second-order valence-corrected chi connectivity index (χ2v) is 11.7. The van der Waals surface area contributed by atoms with E-state index < -0.39 is 119 Å². The predicted molar refractivity (Wildman–Crippen MR) is 165 cm³/mol. The van der Waals surface area contributed by atoms with Gasteiger partial charge in [-0.2, -0.15) is 0 Å². The average Bonchev–Trinajstić information content (AvgIpc) is 3.04. The summed E-state index contributed by atoms with van der Waals surface area (Å²) in [6.45, 7) is 4.96. The van der Waals surface area contributed by atoms with Gasteiger partial charge < -0.3 is 73.3 Å². The summed E-state index contributed by atoms with van der Waals surface area (Å²) in [4.78, 5) is 37.5. The number of aliphatic hydroxyl groups excluding tert-OH is 4. The number of rotatable bonds is 8. The zero-order chi connectivity index (χ0) is 36.8. The van der Waals surface area contributed by atoms with Crippen molar-refractivity contribution in [3.63, 3.8) is 0 Å². The first kappa shape index (κ1) is 36.4. The van der Waals surface area contributed by atoms with Gasteiger partial charge >= 0.3 is 11.9 Å². The minimum atomic E-state index is -1.85. The Morgan fingerprint density at radius 2 is 1.28 bits per heavy atom. The van der Waals surface area contributed by atoms with E-state index >= 15 is 0 Å². The summed E-state index contributed by atoms with van der Waals surface area (Å²) in [5, 5.41) is 73.7. The fourth-order valence-corrected chi connectivity index (χ4v) is 5.61. The Kier molecular flexibility index (Phi) is 10.3. The number of phenols is 3. The number of hydrogen-bond acceptors (Lipinski definition) is 18. The number of fused-ring (bicyclic) bond motifs is 1. The van der Waals surface area contributed by atoms with E-state index in [1.54, 1.807) is 0 Å². The first-order valence-corrected chi connectivity index (χ1v) is 15.2. The highest BCUT2D eigenvalue weighted by Gasteiger charge is 2.48. The molecular formula is C32H36O18. The maximum atomic E-state index is 14.2. The molecule has 2 aliphatic rings. The molecule has 10 atom stereocenters. The molecule has 7 N–H and O–H groups in total. The molecule has 0 aliphatic carbocycles. The van der Waals surface area contributed by atoms with Crippen LogP contribution in [-0.4, -0.2) is 116 Å². The van der Waals surface area contributed by atoms with E-state index in [0.717, 1.165) is 39.2 Å². The van der Waals surface area contributed by atoms with E-state index in [1.165, 1.54) is 19.9 Å². The molecular weight excluding hydrogens is 672 g/mol. The number of aromatic hydroxyl groups is 3. The van der Waals surface area contributed by atoms with Crippen LogP contribution in [0.4, 0.5) is 0 Å². The van der Waals surface area contributed by atoms with Crippen molar-refractivity contribution in [1.82, 2.24) is 0 Å². The molecule has 3 aromatic rings. The van der Waals surface area contributed by atoms with Crippen LogP contribution in [0.5, 0.6) is 34.5 Å². The van der Waals surface area contributed by atoms with E-state index in [9.17, 15) is 50.1 Å². The number of phenolic OH excluding ortho intramolecular Hbond substituents is 3. The van der Waals surface area contributed by atoms with Gasteiger partial charge in [0.25, 0.3) is 0 Å². The number of aliphatic hydroxyl groups is 4. The van der Waals surface area contributed by atoms with Crippen LogP contribution in [0.2, 0.25) is 0 Å². The predicted octanol–water partition coefficient (Wildman–Crippen LogP) is 0.140. The molecule has 0 radical (unpaired) electrons. The highest BCUT2D eigenvalue weighted by atomic mass is 16.7. The summed E-state index contributed by atoms with van der Waals surface area (Å²) in [6.07, 6.45) is -15.0. The SMILES string of the molecule is COc1c(O[C@@H]2O[C@@H](C)[C@H](O)[C@@H](OC(C)=O)[C@H]2O)cc2oc(-c3ccc(O)c(O)c3)c(O[C@@H]3O[C@@H](C)[C@H](O)[C@@H](OC(C)=O)[C@H]3O)c(=O)c2c1O. The first-order valence-electron chi connectivity index (χ1n) is 15.2. The van der Waals surface area contributed by atoms with Crippen molar-refractivity contribution in [2.45, 2.75) is 89.1 Å². The summed E-state index contributed by atoms with van der Waals surface area (Å²) in [7, 11) is 1.13. The van der Waals surface area contributed by atoms with Gasteiger partial charge in [-0.25, -0.2) is 0 Å². The van der Waals surface area contributed by atoms with Gasteiger partial charge in [-0.15, -0.1) is 0 Å². The fraction of sp³-hybridized carbons (Fsp3) is 0.469. The second kappa shape index (κ2) is 14.2. The number of benzene rings is 2. The molecule has 18 nitrogen and oxygen atoms in total. The molecule has 2 saturated heterocycles. The number of carbonyl (C=O) groups excluding carboxylic acids is 2. The lowest BCUT2D eigenvalue weighted by atomic mass is 9.99. The van der Waals surface area contributed by atoms with Crippen molar-refractivity contribution in [3.8, 4) is 45.8 Å². The third-order valence-corrected chi connectivity index (χ3v) is 8.12. The van der Waals surface area contributed by atoms with Gasteiger partial charge in [0.05, 0.1) is 19.3 Å². The zero-order valence-corrected chi connectivity index (χ0v) is 27.2. The van der Waals surface area contributed by atoms with Crippen LogP contribution in [0.15, 0.2) is 33.5 Å². The van der Waals surface area contributed by atoms with Crippen molar-refractivity contribution in [2.75, 3.05) is 7.11 Å². The molecule has 3 heterocycles. The smallest absolute Gasteiger partial charge is 0.303 e. The fourth-order valence-electron chi connectivity index (χ4n) is 5.61. The molecule has 2 fully saturated rings. The van der Waals surface area contributed by atoms with Crippen LogP contribution < -0.4 is 19.6 Å². The normalized spacial score (nSPS) is 29.6. The van der Waals surface area contributed by atoms with Crippen molar-refractivity contribution in [1.29, 1.82) is 0 Å². The van der Waals surface area contributed by atoms with Gasteiger partial charge in [-0.1, -0.05) is 0 Å². The van der Waals surface area contributed by atoms with Gasteiger partial charge in [-0.05, 0) is 32.0 Å². The van der Waals surface area contributed by atoms with Crippen LogP contribution in [0, 0.1) is 0 Å². The standard InChI is InChI=1S/C32H36O18/c1-10-20(37)28(46-12(3)33)24(41)31(44-10)49-18-9-17-19(22(39)27(18)43-5)23(40)30(26(48-17)14-6-7-15(35)16(36)8-14)50-32-25(42)29(47-13(4)34)21(38)11(2)45-32/h6-11,20-21,24-25,28-29,31-32,35-39,41-42H,1-5H3/t10-,11-,20-,21-,24+,25+,28+,29+,31-,32-/m0/s1. The lowest BCUT2D eigenvalue weighted by molar-refractivity contribution is -0.272. The largest absolute Gasteiger partial charge is 0.504 e. The van der Waals surface area contributed by atoms with Gasteiger partial charge in [0.2, 0.25) is 29.5 Å². The van der Waals surface area contributed by atoms with E-state index in [4.69, 9.17) is 37.6 Å². The van der Waals surface area contributed by atoms with Gasteiger partial charge in [0.15, 0.2) is 53.2 Å². The quantitative estimate of drug-likeness (QED) is 0.121. The Morgan fingerprint density at radius 1 is 0.740 bits per heavy atom. The Balaban J connectivity index is 1.65. The summed E-state index contributed by atoms with van der Waals surface area (Å²) in [6, 6.07) is 4.44. The Morgan fingerprint density at radius 3 is 1.78 bits per heavy atom. The molecule has 0 bridgehead atoms. The molecule has 0 saturated carbocycles. The molecule has 5 rings (SSSR count). The molecule has 0 unspecified atom stereocenters. The topological polar surface area (TPSA) is 271 Å². The monoisotopic (exact) mass is 708 g/mol. The van der Waals surface area contributed by atoms with Crippen molar-refractivity contribution in [3.05, 3.63) is 34.5 Å². The number of carbonyl (C=O) groups is 2. The van der Waals surface area contributed by atoms with Crippen LogP contribution >= 0.6 is 0 Å². The van der Waals surface area contributed by atoms with E-state index in [2.05, 4.69) is 0 Å². The molecule has 1 aromatic heterocycles. The van der Waals surface area contributed by atoms with Crippen molar-refractivity contribution in [2.24, 2.45) is 0 Å². The van der Waals surface area contributed by atoms with Gasteiger partial charge in [0.1, 0.15) is 23.2 Å². The maximum Gasteiger partial charge on any atom is 0.303 e. The Hall–Kier alpha value is -4.85. The van der Waals surface area contributed by atoms with Crippen LogP contribution in [0.3, 0.4) is 0 Å². The highest BCUT2D eigenvalue weighted by molar-refractivity contribution is 5.91. The van der Waals surface area contributed by atoms with Crippen LogP contribution in [-0.2, 0) is 28.5 Å². The van der Waals surface area contributed by atoms with E-state index in [-0.39, 0.29) is 16.9 Å². The molecule has 50 heavy (non-hydrogen) atoms. The highest BCUT2D eigenvalue weighted by Crippen LogP contribution is 2.46. The van der Waals surface area contributed by atoms with Crippen molar-refractivity contribution >= 4 is 22.9 Å². The zero-order valence-electron chi connectivity index (χ0n) is 27.2. The Labute approximate surface area is 282 Å². The average molecular weight is 709 g/mol. The maximum absolute atomic E-state index is 14.2. The molecule has 18 heteroatoms. The first-order chi connectivity index (χ1) is 23.5. The van der Waals surface area contributed by atoms with E-state index in [0.29, 0.717) is 0 Å². The minimum Gasteiger partial charge on any atom is -0.504 e. The summed E-state index contributed by atoms with van der Waals surface area (Å²) >= 11 is 0. The Bertz CT molecular complexity index is 1820. The lowest BCUT2D eigenvalue weighted by Gasteiger charge is -2.40. The number of esters is 2. The molecule has 2 aromatic carbocycles. The second-order valence-electron chi connectivity index (χ2n) is 11.7. The summed E-state index contributed by atoms with van der Waals surface area (Å²) < 4.78 is 44.3. The van der Waals surface area contributed by atoms with Crippen LogP contribution in [0.1, 0.15) is 27.7 Å². The van der Waals surface area contributed by atoms with E-state index in [1.807, 2.05) is 0 Å². The van der Waals surface area contributed by atoms with Crippen LogP contribution in [0.25, 0.3) is 22.3 Å². The summed E-state index contributed by atoms with van der Waals surface area (Å²) in [5.41, 5.74) is -1.50.